The first-order chi connectivity index (χ1) is 14.1. The van der Waals surface area contributed by atoms with Crippen molar-refractivity contribution in [1.29, 1.82) is 0 Å². The summed E-state index contributed by atoms with van der Waals surface area (Å²) >= 11 is 0. The van der Waals surface area contributed by atoms with Crippen molar-refractivity contribution in [2.45, 2.75) is 37.5 Å². The predicted molar refractivity (Wildman–Crippen MR) is 109 cm³/mol. The molecule has 0 N–H and O–H groups in total. The van der Waals surface area contributed by atoms with Crippen LogP contribution in [-0.2, 0) is 22.9 Å². The topological polar surface area (TPSA) is 89.2 Å². The second-order valence-electron chi connectivity index (χ2n) is 7.28. The van der Waals surface area contributed by atoms with Gasteiger partial charge in [0.05, 0.1) is 10.5 Å². The van der Waals surface area contributed by atoms with Crippen molar-refractivity contribution in [3.8, 4) is 11.5 Å². The van der Waals surface area contributed by atoms with Crippen LogP contribution >= 0.6 is 0 Å². The van der Waals surface area contributed by atoms with E-state index in [2.05, 4.69) is 15.1 Å². The maximum absolute atomic E-state index is 13.1. The zero-order chi connectivity index (χ0) is 20.3. The van der Waals surface area contributed by atoms with Crippen LogP contribution in [0.25, 0.3) is 11.5 Å². The molecule has 152 valence electrons. The van der Waals surface area contributed by atoms with E-state index in [-0.39, 0.29) is 0 Å². The van der Waals surface area contributed by atoms with Crippen LogP contribution in [0.1, 0.15) is 31.2 Å². The fourth-order valence-corrected chi connectivity index (χ4v) is 5.56. The molecule has 0 spiro atoms. The molecule has 8 heteroatoms. The van der Waals surface area contributed by atoms with Crippen LogP contribution in [0, 0.1) is 5.92 Å². The quantitative estimate of drug-likeness (QED) is 0.591. The summed E-state index contributed by atoms with van der Waals surface area (Å²) in [6.07, 6.45) is 6.41. The Morgan fingerprint density at radius 3 is 2.86 bits per heavy atom. The van der Waals surface area contributed by atoms with E-state index in [1.807, 2.05) is 31.2 Å². The Morgan fingerprint density at radius 1 is 1.21 bits per heavy atom. The molecule has 1 fully saturated rings. The molecular formula is C21H24N4O3S. The second-order valence-corrected chi connectivity index (χ2v) is 9.18. The van der Waals surface area contributed by atoms with Gasteiger partial charge in [-0.05, 0) is 48.9 Å². The Balaban J connectivity index is 1.38. The van der Waals surface area contributed by atoms with Crippen LogP contribution in [0.5, 0.6) is 0 Å². The van der Waals surface area contributed by atoms with Crippen LogP contribution in [0.2, 0.25) is 0 Å². The number of rotatable bonds is 7. The zero-order valence-electron chi connectivity index (χ0n) is 16.4. The van der Waals surface area contributed by atoms with Crippen LogP contribution in [-0.4, -0.2) is 40.9 Å². The lowest BCUT2D eigenvalue weighted by Crippen LogP contribution is -2.29. The van der Waals surface area contributed by atoms with Gasteiger partial charge < -0.3 is 4.52 Å². The van der Waals surface area contributed by atoms with Crippen LogP contribution in [0.15, 0.2) is 58.2 Å². The molecule has 1 aliphatic heterocycles. The van der Waals surface area contributed by atoms with Crippen LogP contribution < -0.4 is 0 Å². The van der Waals surface area contributed by atoms with Crippen molar-refractivity contribution in [1.82, 2.24) is 19.4 Å². The molecule has 29 heavy (non-hydrogen) atoms. The standard InChI is InChI=1S/C21H24N4O3S/c1-2-17-6-3-4-8-19(17)29(26,27)25-13-11-16(15-25)9-10-20-23-21(28-24-20)18-7-5-12-22-14-18/h3-8,12,14,16H,2,9-11,13,15H2,1H3. The first-order valence-electron chi connectivity index (χ1n) is 9.89. The average Bonchev–Trinajstić information content (AvgIpc) is 3.43. The highest BCUT2D eigenvalue weighted by Gasteiger charge is 2.33. The molecule has 1 saturated heterocycles. The van der Waals surface area contributed by atoms with Gasteiger partial charge in [-0.3, -0.25) is 4.98 Å². The smallest absolute Gasteiger partial charge is 0.259 e. The fourth-order valence-electron chi connectivity index (χ4n) is 3.73. The second kappa shape index (κ2) is 8.42. The summed E-state index contributed by atoms with van der Waals surface area (Å²) in [7, 11) is -3.45. The third kappa shape index (κ3) is 4.23. The summed E-state index contributed by atoms with van der Waals surface area (Å²) in [5.74, 6) is 1.39. The first kappa shape index (κ1) is 19.7. The number of hydrogen-bond acceptors (Lipinski definition) is 6. The van der Waals surface area contributed by atoms with E-state index in [1.165, 1.54) is 0 Å². The molecule has 0 radical (unpaired) electrons. The third-order valence-electron chi connectivity index (χ3n) is 5.37. The Hall–Kier alpha value is -2.58. The van der Waals surface area contributed by atoms with Crippen molar-refractivity contribution >= 4 is 10.0 Å². The van der Waals surface area contributed by atoms with E-state index in [0.29, 0.717) is 48.5 Å². The highest BCUT2D eigenvalue weighted by Crippen LogP contribution is 2.29. The molecule has 1 unspecified atom stereocenters. The molecule has 1 aliphatic rings. The van der Waals surface area contributed by atoms with Gasteiger partial charge in [-0.2, -0.15) is 9.29 Å². The normalized spacial score (nSPS) is 17.6. The number of sulfonamides is 1. The largest absolute Gasteiger partial charge is 0.334 e. The fraction of sp³-hybridized carbons (Fsp3) is 0.381. The first-order valence-corrected chi connectivity index (χ1v) is 11.3. The summed E-state index contributed by atoms with van der Waals surface area (Å²) in [5, 5.41) is 4.05. The Kier molecular flexibility index (Phi) is 5.73. The van der Waals surface area contributed by atoms with Crippen molar-refractivity contribution < 1.29 is 12.9 Å². The monoisotopic (exact) mass is 412 g/mol. The van der Waals surface area contributed by atoms with E-state index >= 15 is 0 Å². The molecule has 3 aromatic rings. The number of aryl methyl sites for hydroxylation is 2. The van der Waals surface area contributed by atoms with Gasteiger partial charge in [-0.1, -0.05) is 30.3 Å². The summed E-state index contributed by atoms with van der Waals surface area (Å²) in [6, 6.07) is 11.0. The molecule has 1 aromatic carbocycles. The molecule has 4 rings (SSSR count). The van der Waals surface area contributed by atoms with Crippen molar-refractivity contribution in [2.24, 2.45) is 5.92 Å². The van der Waals surface area contributed by atoms with Gasteiger partial charge in [0, 0.05) is 31.9 Å². The minimum absolute atomic E-state index is 0.291. The van der Waals surface area contributed by atoms with E-state index in [9.17, 15) is 8.42 Å². The van der Waals surface area contributed by atoms with Crippen molar-refractivity contribution in [3.05, 3.63) is 60.2 Å². The SMILES string of the molecule is CCc1ccccc1S(=O)(=O)N1CCC(CCc2noc(-c3cccnc3)n2)C1. The Bertz CT molecular complexity index is 1070. The van der Waals surface area contributed by atoms with E-state index in [1.54, 1.807) is 28.8 Å². The number of nitrogens with zero attached hydrogens (tertiary/aromatic N) is 4. The zero-order valence-corrected chi connectivity index (χ0v) is 17.2. The maximum Gasteiger partial charge on any atom is 0.259 e. The molecule has 0 saturated carbocycles. The molecule has 0 aliphatic carbocycles. The minimum Gasteiger partial charge on any atom is -0.334 e. The van der Waals surface area contributed by atoms with Gasteiger partial charge in [0.1, 0.15) is 0 Å². The number of pyridine rings is 1. The summed E-state index contributed by atoms with van der Waals surface area (Å²) in [4.78, 5) is 8.92. The van der Waals surface area contributed by atoms with E-state index in [4.69, 9.17) is 4.52 Å². The van der Waals surface area contributed by atoms with E-state index < -0.39 is 10.0 Å². The third-order valence-corrected chi connectivity index (χ3v) is 7.34. The molecule has 2 aromatic heterocycles. The summed E-state index contributed by atoms with van der Waals surface area (Å²) in [5.41, 5.74) is 1.66. The minimum atomic E-state index is -3.45. The van der Waals surface area contributed by atoms with Crippen LogP contribution in [0.3, 0.4) is 0 Å². The van der Waals surface area contributed by atoms with Gasteiger partial charge >= 0.3 is 0 Å². The van der Waals surface area contributed by atoms with Gasteiger partial charge in [-0.25, -0.2) is 8.42 Å². The lowest BCUT2D eigenvalue weighted by molar-refractivity contribution is 0.413. The maximum atomic E-state index is 13.1. The van der Waals surface area contributed by atoms with E-state index in [0.717, 1.165) is 24.0 Å². The Morgan fingerprint density at radius 2 is 2.07 bits per heavy atom. The molecule has 3 heterocycles. The van der Waals surface area contributed by atoms with Crippen molar-refractivity contribution in [3.63, 3.8) is 0 Å². The van der Waals surface area contributed by atoms with Gasteiger partial charge in [0.25, 0.3) is 5.89 Å². The number of aromatic nitrogens is 3. The lowest BCUT2D eigenvalue weighted by Gasteiger charge is -2.18. The Labute approximate surface area is 170 Å². The molecular weight excluding hydrogens is 388 g/mol. The number of hydrogen-bond donors (Lipinski definition) is 0. The summed E-state index contributed by atoms with van der Waals surface area (Å²) < 4.78 is 33.1. The predicted octanol–water partition coefficient (Wildman–Crippen LogP) is 3.34. The van der Waals surface area contributed by atoms with Crippen LogP contribution in [0.4, 0.5) is 0 Å². The van der Waals surface area contributed by atoms with Gasteiger partial charge in [0.15, 0.2) is 5.82 Å². The van der Waals surface area contributed by atoms with Gasteiger partial charge in [0.2, 0.25) is 10.0 Å². The molecule has 1 atom stereocenters. The number of benzene rings is 1. The molecule has 7 nitrogen and oxygen atoms in total. The molecule has 0 amide bonds. The lowest BCUT2D eigenvalue weighted by atomic mass is 10.0. The molecule has 0 bridgehead atoms. The van der Waals surface area contributed by atoms with Crippen molar-refractivity contribution in [2.75, 3.05) is 13.1 Å². The highest BCUT2D eigenvalue weighted by atomic mass is 32.2. The average molecular weight is 413 g/mol. The van der Waals surface area contributed by atoms with Gasteiger partial charge in [-0.15, -0.1) is 0 Å². The highest BCUT2D eigenvalue weighted by molar-refractivity contribution is 7.89. The summed E-state index contributed by atoms with van der Waals surface area (Å²) in [6.45, 7) is 3.07.